The molecule has 7 heteroatoms. The molecule has 0 saturated heterocycles. The first kappa shape index (κ1) is 14.7. The lowest BCUT2D eigenvalue weighted by Gasteiger charge is -2.13. The summed E-state index contributed by atoms with van der Waals surface area (Å²) >= 11 is 0. The molecule has 0 spiro atoms. The largest absolute Gasteiger partial charge is 0.480 e. The van der Waals surface area contributed by atoms with Crippen LogP contribution in [0.3, 0.4) is 0 Å². The molecule has 0 bridgehead atoms. The first-order chi connectivity index (χ1) is 8.86. The van der Waals surface area contributed by atoms with Gasteiger partial charge in [0.2, 0.25) is 0 Å². The molecule has 1 aromatic carbocycles. The smallest absolute Gasteiger partial charge is 0.326 e. The van der Waals surface area contributed by atoms with Gasteiger partial charge >= 0.3 is 5.97 Å². The van der Waals surface area contributed by atoms with Crippen molar-refractivity contribution in [1.29, 1.82) is 0 Å². The van der Waals surface area contributed by atoms with Gasteiger partial charge in [0.15, 0.2) is 0 Å². The summed E-state index contributed by atoms with van der Waals surface area (Å²) in [4.78, 5) is 22.3. The summed E-state index contributed by atoms with van der Waals surface area (Å²) in [6, 6.07) is -0.698. The zero-order valence-electron chi connectivity index (χ0n) is 9.62. The second-order valence-electron chi connectivity index (χ2n) is 3.63. The topological polar surface area (TPSA) is 66.4 Å². The number of benzene rings is 1. The minimum Gasteiger partial charge on any atom is -0.480 e. The molecule has 0 aliphatic carbocycles. The lowest BCUT2D eigenvalue weighted by atomic mass is 10.1. The maximum Gasteiger partial charge on any atom is 0.326 e. The van der Waals surface area contributed by atoms with Crippen molar-refractivity contribution >= 4 is 11.9 Å². The third-order valence-corrected chi connectivity index (χ3v) is 2.24. The van der Waals surface area contributed by atoms with Crippen molar-refractivity contribution < 1.29 is 27.9 Å². The Kier molecular flexibility index (Phi) is 4.68. The van der Waals surface area contributed by atoms with Crippen LogP contribution in [0, 0.1) is 17.5 Å². The second-order valence-corrected chi connectivity index (χ2v) is 3.63. The fourth-order valence-electron chi connectivity index (χ4n) is 1.38. The lowest BCUT2D eigenvalue weighted by molar-refractivity contribution is -0.139. The highest BCUT2D eigenvalue weighted by Crippen LogP contribution is 2.15. The van der Waals surface area contributed by atoms with Crippen molar-refractivity contribution in [2.75, 3.05) is 0 Å². The number of amides is 1. The molecule has 1 amide bonds. The van der Waals surface area contributed by atoms with Crippen molar-refractivity contribution in [2.24, 2.45) is 0 Å². The molecule has 0 radical (unpaired) electrons. The highest BCUT2D eigenvalue weighted by molar-refractivity contribution is 5.97. The molecule has 1 aromatic rings. The Bertz CT molecular complexity index is 508. The number of halogens is 3. The Balaban J connectivity index is 3.01. The van der Waals surface area contributed by atoms with Crippen molar-refractivity contribution in [1.82, 2.24) is 5.32 Å². The molecule has 1 rings (SSSR count). The van der Waals surface area contributed by atoms with Crippen molar-refractivity contribution in [3.05, 3.63) is 47.8 Å². The van der Waals surface area contributed by atoms with Crippen molar-refractivity contribution in [2.45, 2.75) is 12.5 Å². The summed E-state index contributed by atoms with van der Waals surface area (Å²) in [6.45, 7) is 3.30. The predicted molar refractivity (Wildman–Crippen MR) is 60.0 cm³/mol. The average Bonchev–Trinajstić information content (AvgIpc) is 2.26. The molecule has 0 heterocycles. The van der Waals surface area contributed by atoms with Crippen LogP contribution in [0.25, 0.3) is 0 Å². The summed E-state index contributed by atoms with van der Waals surface area (Å²) in [6.07, 6.45) is 1.11. The fourth-order valence-corrected chi connectivity index (χ4v) is 1.38. The lowest BCUT2D eigenvalue weighted by Crippen LogP contribution is -2.41. The van der Waals surface area contributed by atoms with E-state index in [9.17, 15) is 22.8 Å². The molecular weight excluding hydrogens is 263 g/mol. The van der Waals surface area contributed by atoms with Gasteiger partial charge in [0.25, 0.3) is 5.91 Å². The molecule has 0 aromatic heterocycles. The molecule has 102 valence electrons. The van der Waals surface area contributed by atoms with Crippen LogP contribution in [0.5, 0.6) is 0 Å². The number of hydrogen-bond donors (Lipinski definition) is 2. The first-order valence-corrected chi connectivity index (χ1v) is 5.16. The monoisotopic (exact) mass is 273 g/mol. The van der Waals surface area contributed by atoms with Gasteiger partial charge in [-0.2, -0.15) is 0 Å². The van der Waals surface area contributed by atoms with Crippen LogP contribution in [-0.2, 0) is 4.79 Å². The van der Waals surface area contributed by atoms with Gasteiger partial charge in [-0.05, 0) is 6.42 Å². The van der Waals surface area contributed by atoms with Gasteiger partial charge in [-0.25, -0.2) is 18.0 Å². The Labute approximate surface area is 106 Å². The Morgan fingerprint density at radius 2 is 1.84 bits per heavy atom. The number of hydrogen-bond acceptors (Lipinski definition) is 2. The van der Waals surface area contributed by atoms with E-state index in [0.717, 1.165) is 0 Å². The Morgan fingerprint density at radius 1 is 1.32 bits per heavy atom. The fraction of sp³-hybridized carbons (Fsp3) is 0.167. The van der Waals surface area contributed by atoms with E-state index in [1.807, 2.05) is 5.32 Å². The SMILES string of the molecule is C=CCC(NC(=O)c1c(F)cc(F)cc1F)C(=O)O. The highest BCUT2D eigenvalue weighted by atomic mass is 19.1. The van der Waals surface area contributed by atoms with Gasteiger partial charge in [-0.3, -0.25) is 4.79 Å². The minimum atomic E-state index is -1.40. The van der Waals surface area contributed by atoms with Gasteiger partial charge in [0.05, 0.1) is 0 Å². The molecule has 0 aliphatic heterocycles. The minimum absolute atomic E-state index is 0.120. The van der Waals surface area contributed by atoms with Gasteiger partial charge in [-0.1, -0.05) is 6.08 Å². The number of aliphatic carboxylic acids is 1. The van der Waals surface area contributed by atoms with Gasteiger partial charge in [-0.15, -0.1) is 6.58 Å². The predicted octanol–water partition coefficient (Wildman–Crippen LogP) is 1.86. The Morgan fingerprint density at radius 3 is 2.26 bits per heavy atom. The van der Waals surface area contributed by atoms with E-state index >= 15 is 0 Å². The van der Waals surface area contributed by atoms with Gasteiger partial charge < -0.3 is 10.4 Å². The molecule has 0 aliphatic rings. The molecular formula is C12H10F3NO3. The number of carboxylic acid groups (broad SMARTS) is 1. The third kappa shape index (κ3) is 3.57. The van der Waals surface area contributed by atoms with Gasteiger partial charge in [0, 0.05) is 12.1 Å². The summed E-state index contributed by atoms with van der Waals surface area (Å²) in [5, 5.41) is 10.7. The molecule has 2 N–H and O–H groups in total. The molecule has 19 heavy (non-hydrogen) atoms. The molecule has 1 unspecified atom stereocenters. The van der Waals surface area contributed by atoms with E-state index < -0.39 is 40.9 Å². The van der Waals surface area contributed by atoms with Crippen LogP contribution in [0.1, 0.15) is 16.8 Å². The van der Waals surface area contributed by atoms with Gasteiger partial charge in [0.1, 0.15) is 29.1 Å². The van der Waals surface area contributed by atoms with E-state index in [4.69, 9.17) is 5.11 Å². The standard InChI is InChI=1S/C12H10F3NO3/c1-2-3-9(12(18)19)16-11(17)10-7(14)4-6(13)5-8(10)15/h2,4-5,9H,1,3H2,(H,16,17)(H,18,19). The first-order valence-electron chi connectivity index (χ1n) is 5.16. The number of carboxylic acids is 1. The molecule has 1 atom stereocenters. The maximum absolute atomic E-state index is 13.3. The van der Waals surface area contributed by atoms with Crippen LogP contribution in [0.15, 0.2) is 24.8 Å². The van der Waals surface area contributed by atoms with Crippen molar-refractivity contribution in [3.63, 3.8) is 0 Å². The van der Waals surface area contributed by atoms with Crippen LogP contribution >= 0.6 is 0 Å². The van der Waals surface area contributed by atoms with Crippen LogP contribution in [-0.4, -0.2) is 23.0 Å². The van der Waals surface area contributed by atoms with E-state index in [2.05, 4.69) is 6.58 Å². The maximum atomic E-state index is 13.3. The molecule has 0 fully saturated rings. The van der Waals surface area contributed by atoms with E-state index in [-0.39, 0.29) is 6.42 Å². The summed E-state index contributed by atoms with van der Waals surface area (Å²) in [7, 11) is 0. The van der Waals surface area contributed by atoms with Crippen LogP contribution in [0.4, 0.5) is 13.2 Å². The van der Waals surface area contributed by atoms with E-state index in [1.165, 1.54) is 6.08 Å². The molecule has 4 nitrogen and oxygen atoms in total. The van der Waals surface area contributed by atoms with Crippen LogP contribution in [0.2, 0.25) is 0 Å². The number of nitrogens with one attached hydrogen (secondary N) is 1. The average molecular weight is 273 g/mol. The number of carbonyl (C=O) groups excluding carboxylic acids is 1. The van der Waals surface area contributed by atoms with E-state index in [1.54, 1.807) is 0 Å². The Hall–Kier alpha value is -2.31. The number of carbonyl (C=O) groups is 2. The second kappa shape index (κ2) is 6.03. The zero-order chi connectivity index (χ0) is 14.6. The van der Waals surface area contributed by atoms with Crippen molar-refractivity contribution in [3.8, 4) is 0 Å². The van der Waals surface area contributed by atoms with Crippen LogP contribution < -0.4 is 5.32 Å². The van der Waals surface area contributed by atoms with E-state index in [0.29, 0.717) is 12.1 Å². The normalized spacial score (nSPS) is 11.7. The summed E-state index contributed by atoms with van der Waals surface area (Å²) in [5.41, 5.74) is -1.03. The molecule has 0 saturated carbocycles. The highest BCUT2D eigenvalue weighted by Gasteiger charge is 2.24. The summed E-state index contributed by atoms with van der Waals surface area (Å²) in [5.74, 6) is -6.64. The quantitative estimate of drug-likeness (QED) is 0.805. The zero-order valence-corrected chi connectivity index (χ0v) is 9.62. The summed E-state index contributed by atoms with van der Waals surface area (Å²) < 4.78 is 39.2. The number of rotatable bonds is 5. The third-order valence-electron chi connectivity index (χ3n) is 2.24.